The van der Waals surface area contributed by atoms with Gasteiger partial charge in [0, 0.05) is 25.3 Å². The normalized spacial score (nSPS) is 16.6. The highest BCUT2D eigenvalue weighted by atomic mass is 19.1. The van der Waals surface area contributed by atoms with Gasteiger partial charge in [0.2, 0.25) is 5.91 Å². The molecule has 1 aliphatic heterocycles. The van der Waals surface area contributed by atoms with Gasteiger partial charge in [-0.1, -0.05) is 36.4 Å². The molecule has 0 aromatic heterocycles. The highest BCUT2D eigenvalue weighted by Crippen LogP contribution is 2.18. The zero-order chi connectivity index (χ0) is 19.1. The van der Waals surface area contributed by atoms with Crippen LogP contribution in [0.2, 0.25) is 0 Å². The summed E-state index contributed by atoms with van der Waals surface area (Å²) in [5, 5.41) is 5.73. The van der Waals surface area contributed by atoms with E-state index in [0.717, 1.165) is 18.5 Å². The van der Waals surface area contributed by atoms with Gasteiger partial charge < -0.3 is 15.5 Å². The summed E-state index contributed by atoms with van der Waals surface area (Å²) in [5.41, 5.74) is 1.32. The second kappa shape index (κ2) is 9.16. The van der Waals surface area contributed by atoms with E-state index in [9.17, 15) is 14.0 Å². The highest BCUT2D eigenvalue weighted by Gasteiger charge is 2.28. The fourth-order valence-electron chi connectivity index (χ4n) is 3.27. The van der Waals surface area contributed by atoms with Crippen molar-refractivity contribution >= 4 is 17.6 Å². The van der Waals surface area contributed by atoms with Crippen LogP contribution in [0.25, 0.3) is 0 Å². The molecular weight excluding hydrogens is 345 g/mol. The Labute approximate surface area is 158 Å². The number of hydrogen-bond acceptors (Lipinski definition) is 2. The van der Waals surface area contributed by atoms with Crippen molar-refractivity contribution < 1.29 is 14.0 Å². The Kier molecular flexibility index (Phi) is 6.41. The van der Waals surface area contributed by atoms with Gasteiger partial charge in [0.1, 0.15) is 5.82 Å². The largest absolute Gasteiger partial charge is 0.355 e. The molecule has 3 rings (SSSR count). The van der Waals surface area contributed by atoms with E-state index in [1.54, 1.807) is 23.1 Å². The van der Waals surface area contributed by atoms with Crippen LogP contribution in [0.4, 0.5) is 14.9 Å². The number of carbonyl (C=O) groups excluding carboxylic acids is 2. The van der Waals surface area contributed by atoms with Gasteiger partial charge in [-0.15, -0.1) is 0 Å². The molecule has 27 heavy (non-hydrogen) atoms. The van der Waals surface area contributed by atoms with Crippen LogP contribution < -0.4 is 10.6 Å². The number of nitrogens with one attached hydrogen (secondary N) is 2. The molecule has 0 unspecified atom stereocenters. The molecule has 0 aliphatic carbocycles. The molecule has 1 atom stereocenters. The number of anilines is 1. The molecule has 0 spiro atoms. The summed E-state index contributed by atoms with van der Waals surface area (Å²) in [5.74, 6) is -0.572. The number of amides is 3. The zero-order valence-corrected chi connectivity index (χ0v) is 15.2. The number of nitrogens with zero attached hydrogens (tertiary/aromatic N) is 1. The SMILES string of the molecule is O=C(NCCc1ccccc1F)[C@H]1CCCN(C(=O)Nc2ccccc2)C1. The molecule has 3 amide bonds. The summed E-state index contributed by atoms with van der Waals surface area (Å²) in [6.07, 6.45) is 1.98. The fourth-order valence-corrected chi connectivity index (χ4v) is 3.27. The first-order valence-electron chi connectivity index (χ1n) is 9.25. The molecule has 142 valence electrons. The third-order valence-corrected chi connectivity index (χ3v) is 4.76. The van der Waals surface area contributed by atoms with Crippen molar-refractivity contribution in [3.63, 3.8) is 0 Å². The second-order valence-electron chi connectivity index (χ2n) is 6.71. The minimum Gasteiger partial charge on any atom is -0.355 e. The van der Waals surface area contributed by atoms with Crippen molar-refractivity contribution in [3.05, 3.63) is 66.0 Å². The fraction of sp³-hybridized carbons (Fsp3) is 0.333. The van der Waals surface area contributed by atoms with Crippen LogP contribution in [0.15, 0.2) is 54.6 Å². The lowest BCUT2D eigenvalue weighted by Crippen LogP contribution is -2.47. The monoisotopic (exact) mass is 369 g/mol. The molecule has 1 heterocycles. The highest BCUT2D eigenvalue weighted by molar-refractivity contribution is 5.90. The van der Waals surface area contributed by atoms with E-state index in [-0.39, 0.29) is 23.7 Å². The van der Waals surface area contributed by atoms with Crippen LogP contribution in [0, 0.1) is 11.7 Å². The lowest BCUT2D eigenvalue weighted by molar-refractivity contribution is -0.126. The molecule has 1 saturated heterocycles. The van der Waals surface area contributed by atoms with Crippen molar-refractivity contribution in [1.82, 2.24) is 10.2 Å². The Morgan fingerprint density at radius 1 is 1.07 bits per heavy atom. The van der Waals surface area contributed by atoms with Gasteiger partial charge >= 0.3 is 6.03 Å². The van der Waals surface area contributed by atoms with Crippen LogP contribution in [0.3, 0.4) is 0 Å². The van der Waals surface area contributed by atoms with Gasteiger partial charge in [-0.3, -0.25) is 4.79 Å². The lowest BCUT2D eigenvalue weighted by atomic mass is 9.97. The Morgan fingerprint density at radius 3 is 2.59 bits per heavy atom. The molecule has 0 saturated carbocycles. The predicted octanol–water partition coefficient (Wildman–Crippen LogP) is 3.43. The van der Waals surface area contributed by atoms with Crippen molar-refractivity contribution in [2.45, 2.75) is 19.3 Å². The quantitative estimate of drug-likeness (QED) is 0.848. The maximum atomic E-state index is 13.6. The number of halogens is 1. The van der Waals surface area contributed by atoms with Crippen LogP contribution in [0.5, 0.6) is 0 Å². The number of likely N-dealkylation sites (tertiary alicyclic amines) is 1. The zero-order valence-electron chi connectivity index (χ0n) is 15.2. The van der Waals surface area contributed by atoms with Crippen LogP contribution in [0.1, 0.15) is 18.4 Å². The van der Waals surface area contributed by atoms with E-state index in [1.165, 1.54) is 6.07 Å². The van der Waals surface area contributed by atoms with E-state index in [4.69, 9.17) is 0 Å². The Balaban J connectivity index is 1.47. The van der Waals surface area contributed by atoms with Crippen LogP contribution in [-0.2, 0) is 11.2 Å². The van der Waals surface area contributed by atoms with Crippen molar-refractivity contribution in [2.75, 3.05) is 25.0 Å². The van der Waals surface area contributed by atoms with Gasteiger partial charge in [0.15, 0.2) is 0 Å². The lowest BCUT2D eigenvalue weighted by Gasteiger charge is -2.32. The van der Waals surface area contributed by atoms with Crippen LogP contribution in [-0.4, -0.2) is 36.5 Å². The molecular formula is C21H24FN3O2. The van der Waals surface area contributed by atoms with Gasteiger partial charge in [-0.2, -0.15) is 0 Å². The molecule has 0 radical (unpaired) electrons. The first-order valence-corrected chi connectivity index (χ1v) is 9.25. The number of para-hydroxylation sites is 1. The smallest absolute Gasteiger partial charge is 0.321 e. The first-order chi connectivity index (χ1) is 13.1. The number of piperidine rings is 1. The standard InChI is InChI=1S/C21H24FN3O2/c22-19-11-5-4-7-16(19)12-13-23-20(26)17-8-6-14-25(15-17)21(27)24-18-9-2-1-3-10-18/h1-5,7,9-11,17H,6,8,12-15H2,(H,23,26)(H,24,27)/t17-/m0/s1. The number of hydrogen-bond donors (Lipinski definition) is 2. The first kappa shape index (κ1) is 18.9. The average molecular weight is 369 g/mol. The van der Waals surface area contributed by atoms with Gasteiger partial charge in [0.05, 0.1) is 5.92 Å². The Morgan fingerprint density at radius 2 is 1.81 bits per heavy atom. The Bertz CT molecular complexity index is 782. The van der Waals surface area contributed by atoms with Crippen molar-refractivity contribution in [2.24, 2.45) is 5.92 Å². The minimum absolute atomic E-state index is 0.0800. The van der Waals surface area contributed by atoms with Crippen molar-refractivity contribution in [1.29, 1.82) is 0 Å². The average Bonchev–Trinajstić information content (AvgIpc) is 2.70. The molecule has 5 nitrogen and oxygen atoms in total. The molecule has 2 aromatic rings. The Hall–Kier alpha value is -2.89. The van der Waals surface area contributed by atoms with Crippen molar-refractivity contribution in [3.8, 4) is 0 Å². The summed E-state index contributed by atoms with van der Waals surface area (Å²) >= 11 is 0. The number of carbonyl (C=O) groups is 2. The van der Waals surface area contributed by atoms with Gasteiger partial charge in [-0.25, -0.2) is 9.18 Å². The van der Waals surface area contributed by atoms with E-state index >= 15 is 0 Å². The maximum absolute atomic E-state index is 13.6. The summed E-state index contributed by atoms with van der Waals surface area (Å²) in [6.45, 7) is 1.41. The summed E-state index contributed by atoms with van der Waals surface area (Å²) in [4.78, 5) is 26.5. The second-order valence-corrected chi connectivity index (χ2v) is 6.71. The molecule has 1 aliphatic rings. The topological polar surface area (TPSA) is 61.4 Å². The third-order valence-electron chi connectivity index (χ3n) is 4.76. The summed E-state index contributed by atoms with van der Waals surface area (Å²) in [6, 6.07) is 15.6. The minimum atomic E-state index is -0.256. The predicted molar refractivity (Wildman–Crippen MR) is 103 cm³/mol. The van der Waals surface area contributed by atoms with E-state index in [1.807, 2.05) is 30.3 Å². The molecule has 6 heteroatoms. The molecule has 2 aromatic carbocycles. The number of urea groups is 1. The van der Waals surface area contributed by atoms with Gasteiger partial charge in [-0.05, 0) is 43.0 Å². The third kappa shape index (κ3) is 5.29. The summed E-state index contributed by atoms with van der Waals surface area (Å²) in [7, 11) is 0. The van der Waals surface area contributed by atoms with E-state index in [0.29, 0.717) is 31.6 Å². The molecule has 2 N–H and O–H groups in total. The molecule has 0 bridgehead atoms. The van der Waals surface area contributed by atoms with E-state index < -0.39 is 0 Å². The number of rotatable bonds is 5. The van der Waals surface area contributed by atoms with Crippen LogP contribution >= 0.6 is 0 Å². The number of benzene rings is 2. The summed E-state index contributed by atoms with van der Waals surface area (Å²) < 4.78 is 13.6. The molecule has 1 fully saturated rings. The maximum Gasteiger partial charge on any atom is 0.321 e. The van der Waals surface area contributed by atoms with Gasteiger partial charge in [0.25, 0.3) is 0 Å². The van der Waals surface area contributed by atoms with E-state index in [2.05, 4.69) is 10.6 Å².